The summed E-state index contributed by atoms with van der Waals surface area (Å²) in [6.07, 6.45) is -1.06. The van der Waals surface area contributed by atoms with Crippen molar-refractivity contribution < 1.29 is 23.9 Å². The lowest BCUT2D eigenvalue weighted by Gasteiger charge is -2.42. The zero-order valence-corrected chi connectivity index (χ0v) is 17.8. The second kappa shape index (κ2) is 8.18. The van der Waals surface area contributed by atoms with Crippen LogP contribution in [0.3, 0.4) is 0 Å². The highest BCUT2D eigenvalue weighted by Gasteiger charge is 2.45. The molecule has 0 saturated heterocycles. The quantitative estimate of drug-likeness (QED) is 0.758. The molecule has 0 spiro atoms. The fraction of sp³-hybridized carbons (Fsp3) is 0.348. The van der Waals surface area contributed by atoms with Crippen LogP contribution in [0.25, 0.3) is 0 Å². The predicted octanol–water partition coefficient (Wildman–Crippen LogP) is 3.78. The molecule has 1 heterocycles. The van der Waals surface area contributed by atoms with Gasteiger partial charge in [-0.05, 0) is 71.0 Å². The molecule has 0 bridgehead atoms. The number of hydrogen-bond donors (Lipinski definition) is 1. The fourth-order valence-electron chi connectivity index (χ4n) is 3.25. The van der Waals surface area contributed by atoms with Gasteiger partial charge in [0, 0.05) is 0 Å². The number of anilines is 2. The maximum atomic E-state index is 13.2. The summed E-state index contributed by atoms with van der Waals surface area (Å²) in [4.78, 5) is 39.7. The summed E-state index contributed by atoms with van der Waals surface area (Å²) >= 11 is 0. The molecule has 7 nitrogen and oxygen atoms in total. The molecule has 1 aliphatic rings. The van der Waals surface area contributed by atoms with Crippen LogP contribution in [0, 0.1) is 0 Å². The third kappa shape index (κ3) is 4.15. The van der Waals surface area contributed by atoms with E-state index in [0.717, 1.165) is 0 Å². The summed E-state index contributed by atoms with van der Waals surface area (Å²) in [5, 5.41) is 2.81. The number of esters is 1. The van der Waals surface area contributed by atoms with Gasteiger partial charge in [0.15, 0.2) is 6.10 Å². The van der Waals surface area contributed by atoms with Crippen molar-refractivity contribution in [2.75, 3.05) is 10.2 Å². The molecule has 0 radical (unpaired) electrons. The van der Waals surface area contributed by atoms with Crippen LogP contribution >= 0.6 is 0 Å². The molecule has 0 fully saturated rings. The lowest BCUT2D eigenvalue weighted by molar-refractivity contribution is -0.131. The van der Waals surface area contributed by atoms with Gasteiger partial charge in [-0.25, -0.2) is 4.79 Å². The third-order valence-corrected chi connectivity index (χ3v) is 4.82. The SMILES string of the molecule is CC(C)Oc1ccc(C(=O)O[C@@H](C)C(=O)N2c3ccccc3NC(=O)C2(C)C)cc1. The molecule has 1 atom stereocenters. The largest absolute Gasteiger partial charge is 0.491 e. The first-order valence-corrected chi connectivity index (χ1v) is 9.83. The molecule has 30 heavy (non-hydrogen) atoms. The molecule has 2 aromatic rings. The Labute approximate surface area is 176 Å². The smallest absolute Gasteiger partial charge is 0.338 e. The fourth-order valence-corrected chi connectivity index (χ4v) is 3.25. The van der Waals surface area contributed by atoms with Gasteiger partial charge in [-0.2, -0.15) is 0 Å². The van der Waals surface area contributed by atoms with E-state index in [1.807, 2.05) is 13.8 Å². The molecule has 158 valence electrons. The molecular weight excluding hydrogens is 384 g/mol. The van der Waals surface area contributed by atoms with Gasteiger partial charge in [-0.15, -0.1) is 0 Å². The zero-order valence-electron chi connectivity index (χ0n) is 17.8. The Kier molecular flexibility index (Phi) is 5.82. The van der Waals surface area contributed by atoms with Crippen LogP contribution in [0.2, 0.25) is 0 Å². The minimum absolute atomic E-state index is 0.0217. The maximum Gasteiger partial charge on any atom is 0.338 e. The average Bonchev–Trinajstić information content (AvgIpc) is 2.68. The van der Waals surface area contributed by atoms with Crippen molar-refractivity contribution in [2.45, 2.75) is 52.4 Å². The molecule has 0 saturated carbocycles. The van der Waals surface area contributed by atoms with Gasteiger partial charge < -0.3 is 14.8 Å². The van der Waals surface area contributed by atoms with Gasteiger partial charge in [-0.3, -0.25) is 14.5 Å². The summed E-state index contributed by atoms with van der Waals surface area (Å²) in [6.45, 7) is 8.63. The lowest BCUT2D eigenvalue weighted by atomic mass is 9.95. The number of amides is 2. The molecule has 1 aliphatic heterocycles. The Morgan fingerprint density at radius 3 is 2.27 bits per heavy atom. The first kappa shape index (κ1) is 21.4. The van der Waals surface area contributed by atoms with Crippen LogP contribution in [0.15, 0.2) is 48.5 Å². The molecule has 0 aromatic heterocycles. The normalized spacial score (nSPS) is 15.8. The van der Waals surface area contributed by atoms with Gasteiger partial charge in [0.05, 0.1) is 23.0 Å². The molecule has 3 rings (SSSR count). The topological polar surface area (TPSA) is 84.9 Å². The Balaban J connectivity index is 1.78. The number of nitrogens with zero attached hydrogens (tertiary/aromatic N) is 1. The minimum Gasteiger partial charge on any atom is -0.491 e. The van der Waals surface area contributed by atoms with E-state index in [1.165, 1.54) is 11.8 Å². The Bertz CT molecular complexity index is 966. The summed E-state index contributed by atoms with van der Waals surface area (Å²) in [5.41, 5.74) is 0.267. The van der Waals surface area contributed by atoms with Gasteiger partial charge in [-0.1, -0.05) is 12.1 Å². The molecule has 7 heteroatoms. The second-order valence-corrected chi connectivity index (χ2v) is 7.94. The van der Waals surface area contributed by atoms with E-state index in [0.29, 0.717) is 22.7 Å². The summed E-state index contributed by atoms with van der Waals surface area (Å²) in [6, 6.07) is 13.6. The highest BCUT2D eigenvalue weighted by Crippen LogP contribution is 2.37. The van der Waals surface area contributed by atoms with E-state index in [1.54, 1.807) is 62.4 Å². The van der Waals surface area contributed by atoms with E-state index in [2.05, 4.69) is 5.32 Å². The number of rotatable bonds is 5. The second-order valence-electron chi connectivity index (χ2n) is 7.94. The molecule has 0 unspecified atom stereocenters. The van der Waals surface area contributed by atoms with E-state index < -0.39 is 23.5 Å². The van der Waals surface area contributed by atoms with E-state index >= 15 is 0 Å². The van der Waals surface area contributed by atoms with Crippen LogP contribution in [0.4, 0.5) is 11.4 Å². The molecule has 2 amide bonds. The van der Waals surface area contributed by atoms with Crippen LogP contribution in [0.5, 0.6) is 5.75 Å². The first-order chi connectivity index (χ1) is 14.1. The predicted molar refractivity (Wildman–Crippen MR) is 114 cm³/mol. The van der Waals surface area contributed by atoms with Crippen LogP contribution < -0.4 is 15.0 Å². The van der Waals surface area contributed by atoms with Crippen molar-refractivity contribution in [3.8, 4) is 5.75 Å². The van der Waals surface area contributed by atoms with Gasteiger partial charge >= 0.3 is 5.97 Å². The Morgan fingerprint density at radius 2 is 1.63 bits per heavy atom. The highest BCUT2D eigenvalue weighted by atomic mass is 16.5. The Morgan fingerprint density at radius 1 is 1.00 bits per heavy atom. The maximum absolute atomic E-state index is 13.2. The van der Waals surface area contributed by atoms with Gasteiger partial charge in [0.25, 0.3) is 5.91 Å². The third-order valence-electron chi connectivity index (χ3n) is 4.82. The molecular formula is C23H26N2O5. The van der Waals surface area contributed by atoms with Crippen molar-refractivity contribution >= 4 is 29.2 Å². The zero-order chi connectivity index (χ0) is 22.1. The molecule has 2 aromatic carbocycles. The minimum atomic E-state index is -1.14. The number of benzene rings is 2. The number of carbonyl (C=O) groups is 3. The van der Waals surface area contributed by atoms with E-state index in [4.69, 9.17) is 9.47 Å². The summed E-state index contributed by atoms with van der Waals surface area (Å²) < 4.78 is 11.0. The first-order valence-electron chi connectivity index (χ1n) is 9.83. The number of carbonyl (C=O) groups excluding carboxylic acids is 3. The van der Waals surface area contributed by atoms with Crippen LogP contribution in [-0.4, -0.2) is 35.5 Å². The molecule has 0 aliphatic carbocycles. The number of para-hydroxylation sites is 2. The number of nitrogens with one attached hydrogen (secondary N) is 1. The highest BCUT2D eigenvalue weighted by molar-refractivity contribution is 6.15. The number of fused-ring (bicyclic) bond motifs is 1. The summed E-state index contributed by atoms with van der Waals surface area (Å²) in [5.74, 6) is -0.771. The van der Waals surface area contributed by atoms with Crippen LogP contribution in [-0.2, 0) is 14.3 Å². The monoisotopic (exact) mass is 410 g/mol. The van der Waals surface area contributed by atoms with Crippen molar-refractivity contribution in [3.63, 3.8) is 0 Å². The van der Waals surface area contributed by atoms with Crippen molar-refractivity contribution in [1.82, 2.24) is 0 Å². The van der Waals surface area contributed by atoms with Gasteiger partial charge in [0.2, 0.25) is 5.91 Å². The van der Waals surface area contributed by atoms with Crippen molar-refractivity contribution in [3.05, 3.63) is 54.1 Å². The lowest BCUT2D eigenvalue weighted by Crippen LogP contribution is -2.60. The Hall–Kier alpha value is -3.35. The summed E-state index contributed by atoms with van der Waals surface area (Å²) in [7, 11) is 0. The van der Waals surface area contributed by atoms with Crippen molar-refractivity contribution in [1.29, 1.82) is 0 Å². The van der Waals surface area contributed by atoms with Crippen LogP contribution in [0.1, 0.15) is 45.0 Å². The van der Waals surface area contributed by atoms with Crippen molar-refractivity contribution in [2.24, 2.45) is 0 Å². The number of ether oxygens (including phenoxy) is 2. The van der Waals surface area contributed by atoms with E-state index in [9.17, 15) is 14.4 Å². The average molecular weight is 410 g/mol. The standard InChI is InChI=1S/C23H26N2O5/c1-14(2)29-17-12-10-16(11-13-17)21(27)30-15(3)20(26)25-19-9-7-6-8-18(19)24-22(28)23(25,4)5/h6-15H,1-5H3,(H,24,28)/t15-/m0/s1. The van der Waals surface area contributed by atoms with E-state index in [-0.39, 0.29) is 12.0 Å². The number of hydrogen-bond acceptors (Lipinski definition) is 5. The van der Waals surface area contributed by atoms with Gasteiger partial charge in [0.1, 0.15) is 11.3 Å². The molecule has 1 N–H and O–H groups in total.